The van der Waals surface area contributed by atoms with E-state index in [0.717, 1.165) is 13.0 Å². The Hall–Kier alpha value is -7.06. The molecule has 20 nitrogen and oxygen atoms in total. The molecule has 2 aromatic carbocycles. The number of nitrogens with two attached hydrogens (primary N) is 2. The molecule has 5 heterocycles. The Kier molecular flexibility index (Phi) is 12.7. The van der Waals surface area contributed by atoms with E-state index in [9.17, 15) is 24.3 Å². The minimum atomic E-state index is -0.673. The highest BCUT2D eigenvalue weighted by atomic mass is 16.5. The maximum absolute atomic E-state index is 13.8. The number of ether oxygens (including phenoxy) is 2. The number of aryl methyl sites for hydroxylation is 4. The molecule has 0 bridgehead atoms. The van der Waals surface area contributed by atoms with Crippen LogP contribution >= 0.6 is 0 Å². The predicted octanol–water partition coefficient (Wildman–Crippen LogP) is 3.24. The molecule has 0 spiro atoms. The lowest BCUT2D eigenvalue weighted by Gasteiger charge is -2.16. The highest BCUT2D eigenvalue weighted by Gasteiger charge is 2.24. The monoisotopic (exact) mass is 849 g/mol. The van der Waals surface area contributed by atoms with Gasteiger partial charge in [-0.3, -0.25) is 39.2 Å². The number of hydrogen-bond acceptors (Lipinski definition) is 12. The molecule has 7 rings (SSSR count). The summed E-state index contributed by atoms with van der Waals surface area (Å²) in [4.78, 5) is 63.9. The van der Waals surface area contributed by atoms with E-state index in [1.54, 1.807) is 56.6 Å². The van der Waals surface area contributed by atoms with Gasteiger partial charge in [-0.2, -0.15) is 10.2 Å². The summed E-state index contributed by atoms with van der Waals surface area (Å²) in [7, 11) is 1.46. The molecule has 4 amide bonds. The van der Waals surface area contributed by atoms with Crippen molar-refractivity contribution in [3.63, 3.8) is 0 Å². The number of primary amides is 2. The predicted molar refractivity (Wildman–Crippen MR) is 231 cm³/mol. The number of nitrogens with zero attached hydrogens (tertiary/aromatic N) is 9. The molecule has 1 fully saturated rings. The van der Waals surface area contributed by atoms with Crippen molar-refractivity contribution in [1.29, 1.82) is 0 Å². The lowest BCUT2D eigenvalue weighted by molar-refractivity contribution is 0.0991. The molecule has 0 radical (unpaired) electrons. The molecule has 0 aliphatic carbocycles. The number of benzene rings is 2. The molecule has 1 unspecified atom stereocenters. The normalized spacial score (nSPS) is 14.3. The van der Waals surface area contributed by atoms with Gasteiger partial charge in [-0.15, -0.1) is 0 Å². The van der Waals surface area contributed by atoms with Gasteiger partial charge in [-0.25, -0.2) is 9.97 Å². The fourth-order valence-electron chi connectivity index (χ4n) is 7.67. The Morgan fingerprint density at radius 1 is 0.790 bits per heavy atom. The van der Waals surface area contributed by atoms with Crippen LogP contribution < -0.4 is 31.6 Å². The number of imidazole rings is 2. The van der Waals surface area contributed by atoms with Crippen molar-refractivity contribution in [1.82, 2.24) is 43.6 Å². The molecule has 0 saturated carbocycles. The fourth-order valence-corrected chi connectivity index (χ4v) is 7.67. The zero-order valence-electron chi connectivity index (χ0n) is 35.3. The van der Waals surface area contributed by atoms with Crippen molar-refractivity contribution < 1.29 is 33.8 Å². The third kappa shape index (κ3) is 9.00. The second-order valence-electron chi connectivity index (χ2n) is 15.0. The number of nitrogens with one attached hydrogen (secondary N) is 2. The Labute approximate surface area is 356 Å². The molecule has 7 N–H and O–H groups in total. The third-order valence-corrected chi connectivity index (χ3v) is 10.6. The van der Waals surface area contributed by atoms with Crippen LogP contribution in [-0.4, -0.2) is 112 Å². The minimum absolute atomic E-state index is 0.155. The summed E-state index contributed by atoms with van der Waals surface area (Å²) in [5.74, 6) is -1.21. The van der Waals surface area contributed by atoms with Crippen LogP contribution in [0.4, 0.5) is 11.9 Å². The van der Waals surface area contributed by atoms with Gasteiger partial charge in [0.2, 0.25) is 23.7 Å². The van der Waals surface area contributed by atoms with Gasteiger partial charge in [0, 0.05) is 56.9 Å². The van der Waals surface area contributed by atoms with Crippen LogP contribution in [-0.2, 0) is 26.2 Å². The number of carbonyl (C=O) groups is 4. The smallest absolute Gasteiger partial charge is 0.276 e. The fraction of sp³-hybridized carbons (Fsp3) is 0.381. The number of aromatic nitrogens is 8. The first-order chi connectivity index (χ1) is 29.8. The molecular weight excluding hydrogens is 799 g/mol. The quantitative estimate of drug-likeness (QED) is 0.0617. The van der Waals surface area contributed by atoms with Gasteiger partial charge in [-0.05, 0) is 76.9 Å². The van der Waals surface area contributed by atoms with Crippen molar-refractivity contribution in [2.24, 2.45) is 11.5 Å². The van der Waals surface area contributed by atoms with Crippen LogP contribution in [0.1, 0.15) is 79.8 Å². The van der Waals surface area contributed by atoms with Crippen LogP contribution in [0.25, 0.3) is 22.1 Å². The Morgan fingerprint density at radius 2 is 1.29 bits per heavy atom. The van der Waals surface area contributed by atoms with Gasteiger partial charge in [-0.1, -0.05) is 12.2 Å². The number of allylic oxidation sites excluding steroid dienone is 2. The molecule has 1 atom stereocenters. The minimum Gasteiger partial charge on any atom is -0.494 e. The molecule has 62 heavy (non-hydrogen) atoms. The summed E-state index contributed by atoms with van der Waals surface area (Å²) in [6.07, 6.45) is 4.72. The summed E-state index contributed by atoms with van der Waals surface area (Å²) in [6.45, 7) is 11.0. The number of hydrogen-bond donors (Lipinski definition) is 5. The van der Waals surface area contributed by atoms with E-state index < -0.39 is 23.6 Å². The van der Waals surface area contributed by atoms with Crippen molar-refractivity contribution in [3.05, 3.63) is 82.5 Å². The highest BCUT2D eigenvalue weighted by Crippen LogP contribution is 2.33. The summed E-state index contributed by atoms with van der Waals surface area (Å²) >= 11 is 0. The molecule has 326 valence electrons. The van der Waals surface area contributed by atoms with Crippen molar-refractivity contribution >= 4 is 57.6 Å². The number of amides is 4. The Balaban J connectivity index is 1.25. The molecule has 4 aromatic heterocycles. The molecule has 1 aliphatic rings. The van der Waals surface area contributed by atoms with Crippen LogP contribution in [0, 0.1) is 13.8 Å². The number of β-amino-alcohol motifs (C(OH)–C–C–N with tert-alkyl or cyclic N) is 1. The molecule has 1 saturated heterocycles. The summed E-state index contributed by atoms with van der Waals surface area (Å²) < 4.78 is 18.7. The molecule has 6 aromatic rings. The topological polar surface area (TPSA) is 258 Å². The Bertz CT molecular complexity index is 2710. The first-order valence-electron chi connectivity index (χ1n) is 20.4. The van der Waals surface area contributed by atoms with Crippen molar-refractivity contribution in [3.8, 4) is 11.5 Å². The first kappa shape index (κ1) is 43.0. The van der Waals surface area contributed by atoms with Gasteiger partial charge in [0.1, 0.15) is 33.9 Å². The van der Waals surface area contributed by atoms with Crippen LogP contribution in [0.5, 0.6) is 11.5 Å². The maximum Gasteiger partial charge on any atom is 0.276 e. The van der Waals surface area contributed by atoms with E-state index in [2.05, 4.69) is 25.7 Å². The number of anilines is 2. The first-order valence-corrected chi connectivity index (χ1v) is 20.4. The highest BCUT2D eigenvalue weighted by molar-refractivity contribution is 6.05. The van der Waals surface area contributed by atoms with E-state index in [1.165, 1.54) is 19.2 Å². The second kappa shape index (κ2) is 18.3. The SMILES string of the molecule is CCn1nc(C)cc1C(=O)Nc1nc2cc(C(N)=O)cc(OC)c2n1C/C=C/Cn1c(NC(=O)c2cc(C)nn2CC)nc2cc(C(N)=O)cc(OCCCN3CCC(O)C3)c21. The van der Waals surface area contributed by atoms with E-state index in [0.29, 0.717) is 95.5 Å². The van der Waals surface area contributed by atoms with Gasteiger partial charge < -0.3 is 40.1 Å². The number of methoxy groups -OCH3 is 1. The number of aliphatic hydroxyl groups excluding tert-OH is 1. The number of fused-ring (bicyclic) bond motifs is 2. The van der Waals surface area contributed by atoms with Crippen molar-refractivity contribution in [2.75, 3.05) is 44.0 Å². The van der Waals surface area contributed by atoms with E-state index >= 15 is 0 Å². The number of likely N-dealkylation sites (tertiary alicyclic amines) is 1. The van der Waals surface area contributed by atoms with Crippen LogP contribution in [0.15, 0.2) is 48.6 Å². The number of rotatable bonds is 18. The second-order valence-corrected chi connectivity index (χ2v) is 15.0. The average Bonchev–Trinajstić information content (AvgIpc) is 4.07. The standard InChI is InChI=1S/C42H51N13O7/c1-6-54-31(17-24(3)49-54)39(59)47-41-45-29-19-26(37(43)57)21-33(61-5)35(29)52(41)13-8-9-14-53-36-30(46-42(53)48-40(60)32-18-25(4)50-55(32)7-2)20-27(38(44)58)22-34(36)62-16-10-12-51-15-11-28(56)23-51/h8-9,17-22,28,56H,6-7,10-16,23H2,1-5H3,(H2,43,57)(H2,44,58)(H,45,47,59)(H,46,48,60)/b9-8+. The molecule has 1 aliphatic heterocycles. The van der Waals surface area contributed by atoms with E-state index in [4.69, 9.17) is 30.9 Å². The summed E-state index contributed by atoms with van der Waals surface area (Å²) in [5, 5.41) is 24.7. The number of aliphatic hydroxyl groups is 1. The third-order valence-electron chi connectivity index (χ3n) is 10.6. The van der Waals surface area contributed by atoms with Gasteiger partial charge in [0.05, 0.1) is 42.2 Å². The summed E-state index contributed by atoms with van der Waals surface area (Å²) in [5.41, 5.74) is 15.5. The van der Waals surface area contributed by atoms with Crippen LogP contribution in [0.2, 0.25) is 0 Å². The van der Waals surface area contributed by atoms with Crippen LogP contribution in [0.3, 0.4) is 0 Å². The van der Waals surface area contributed by atoms with Gasteiger partial charge in [0.15, 0.2) is 0 Å². The zero-order valence-corrected chi connectivity index (χ0v) is 35.3. The Morgan fingerprint density at radius 3 is 1.74 bits per heavy atom. The average molecular weight is 850 g/mol. The maximum atomic E-state index is 13.8. The summed E-state index contributed by atoms with van der Waals surface area (Å²) in [6, 6.07) is 9.54. The lowest BCUT2D eigenvalue weighted by atomic mass is 10.1. The number of carbonyl (C=O) groups excluding carboxylic acids is 4. The van der Waals surface area contributed by atoms with E-state index in [1.807, 2.05) is 26.0 Å². The van der Waals surface area contributed by atoms with Gasteiger partial charge >= 0.3 is 0 Å². The van der Waals surface area contributed by atoms with Gasteiger partial charge in [0.25, 0.3) is 11.8 Å². The largest absolute Gasteiger partial charge is 0.494 e. The molecule has 20 heteroatoms. The molecular formula is C42H51N13O7. The lowest BCUT2D eigenvalue weighted by Crippen LogP contribution is -2.24. The van der Waals surface area contributed by atoms with E-state index in [-0.39, 0.29) is 42.2 Å². The zero-order chi connectivity index (χ0) is 44.2. The van der Waals surface area contributed by atoms with Crippen molar-refractivity contribution in [2.45, 2.75) is 72.8 Å².